The predicted molar refractivity (Wildman–Crippen MR) is 116 cm³/mol. The first kappa shape index (κ1) is 25.9. The van der Waals surface area contributed by atoms with Gasteiger partial charge in [-0.1, -0.05) is 17.7 Å². The topological polar surface area (TPSA) is 102 Å². The zero-order valence-corrected chi connectivity index (χ0v) is 19.4. The first-order valence-corrected chi connectivity index (χ1v) is 11.7. The number of esters is 1. The lowest BCUT2D eigenvalue weighted by Gasteiger charge is -2.26. The summed E-state index contributed by atoms with van der Waals surface area (Å²) in [5.41, 5.74) is -1.43. The Morgan fingerprint density at radius 1 is 1.15 bits per heavy atom. The van der Waals surface area contributed by atoms with Crippen molar-refractivity contribution in [2.75, 3.05) is 38.2 Å². The number of amides is 1. The number of carbonyl (C=O) groups excluding carboxylic acids is 2. The quantitative estimate of drug-likeness (QED) is 0.585. The van der Waals surface area contributed by atoms with E-state index in [-0.39, 0.29) is 41.8 Å². The molecule has 1 aliphatic heterocycles. The summed E-state index contributed by atoms with van der Waals surface area (Å²) < 4.78 is 76.6. The van der Waals surface area contributed by atoms with Crippen LogP contribution in [0.2, 0.25) is 5.02 Å². The molecule has 0 unspecified atom stereocenters. The number of alkyl halides is 3. The Labute approximate surface area is 198 Å². The Bertz CT molecular complexity index is 1200. The van der Waals surface area contributed by atoms with Crippen molar-refractivity contribution in [3.8, 4) is 0 Å². The molecule has 34 heavy (non-hydrogen) atoms. The molecule has 0 spiro atoms. The summed E-state index contributed by atoms with van der Waals surface area (Å²) in [4.78, 5) is 24.4. The first-order chi connectivity index (χ1) is 15.9. The molecule has 13 heteroatoms. The SMILES string of the molecule is Cc1ccc(C(=O)OCC(=O)Nc2ccc(Cl)cc2C(F)(F)F)cc1S(=O)(=O)N1CCOCC1. The van der Waals surface area contributed by atoms with E-state index in [1.807, 2.05) is 5.32 Å². The van der Waals surface area contributed by atoms with Crippen LogP contribution in [0.5, 0.6) is 0 Å². The van der Waals surface area contributed by atoms with Crippen LogP contribution >= 0.6 is 11.6 Å². The van der Waals surface area contributed by atoms with E-state index < -0.39 is 45.9 Å². The number of hydrogen-bond acceptors (Lipinski definition) is 6. The number of benzene rings is 2. The number of sulfonamides is 1. The van der Waals surface area contributed by atoms with E-state index in [0.717, 1.165) is 12.1 Å². The fourth-order valence-corrected chi connectivity index (χ4v) is 5.02. The van der Waals surface area contributed by atoms with Gasteiger partial charge in [0, 0.05) is 18.1 Å². The lowest BCUT2D eigenvalue weighted by molar-refractivity contribution is -0.137. The van der Waals surface area contributed by atoms with Gasteiger partial charge in [0.2, 0.25) is 10.0 Å². The third kappa shape index (κ3) is 6.06. The number of halogens is 4. The van der Waals surface area contributed by atoms with Crippen molar-refractivity contribution in [1.29, 1.82) is 0 Å². The molecule has 3 rings (SSSR count). The van der Waals surface area contributed by atoms with E-state index in [9.17, 15) is 31.2 Å². The molecular formula is C21H20ClF3N2O6S. The second kappa shape index (κ2) is 10.3. The van der Waals surface area contributed by atoms with Crippen LogP contribution in [0.4, 0.5) is 18.9 Å². The highest BCUT2D eigenvalue weighted by Gasteiger charge is 2.34. The number of carbonyl (C=O) groups is 2. The molecule has 1 heterocycles. The summed E-state index contributed by atoms with van der Waals surface area (Å²) in [5, 5.41) is 1.86. The molecule has 184 valence electrons. The summed E-state index contributed by atoms with van der Waals surface area (Å²) in [7, 11) is -3.89. The van der Waals surface area contributed by atoms with Crippen LogP contribution < -0.4 is 5.32 Å². The lowest BCUT2D eigenvalue weighted by Crippen LogP contribution is -2.40. The Hall–Kier alpha value is -2.67. The van der Waals surface area contributed by atoms with Gasteiger partial charge in [-0.15, -0.1) is 0 Å². The van der Waals surface area contributed by atoms with Gasteiger partial charge < -0.3 is 14.8 Å². The van der Waals surface area contributed by atoms with Crippen LogP contribution in [0.1, 0.15) is 21.5 Å². The van der Waals surface area contributed by atoms with E-state index in [2.05, 4.69) is 0 Å². The molecule has 1 fully saturated rings. The number of nitrogens with one attached hydrogen (secondary N) is 1. The molecule has 0 radical (unpaired) electrons. The van der Waals surface area contributed by atoms with Gasteiger partial charge in [-0.2, -0.15) is 17.5 Å². The molecule has 1 saturated heterocycles. The van der Waals surface area contributed by atoms with Gasteiger partial charge in [0.15, 0.2) is 6.61 Å². The summed E-state index contributed by atoms with van der Waals surface area (Å²) >= 11 is 5.60. The highest BCUT2D eigenvalue weighted by atomic mass is 35.5. The monoisotopic (exact) mass is 520 g/mol. The summed E-state index contributed by atoms with van der Waals surface area (Å²) in [6, 6.07) is 6.70. The van der Waals surface area contributed by atoms with Crippen LogP contribution in [0.15, 0.2) is 41.3 Å². The van der Waals surface area contributed by atoms with E-state index in [1.165, 1.54) is 22.5 Å². The molecule has 1 amide bonds. The molecule has 1 N–H and O–H groups in total. The largest absolute Gasteiger partial charge is 0.452 e. The molecule has 2 aromatic rings. The minimum absolute atomic E-state index is 0.0933. The minimum Gasteiger partial charge on any atom is -0.452 e. The average Bonchev–Trinajstić information content (AvgIpc) is 2.78. The second-order valence-electron chi connectivity index (χ2n) is 7.31. The fraction of sp³-hybridized carbons (Fsp3) is 0.333. The Kier molecular flexibility index (Phi) is 7.86. The zero-order valence-electron chi connectivity index (χ0n) is 17.8. The molecule has 0 bridgehead atoms. The molecule has 0 saturated carbocycles. The van der Waals surface area contributed by atoms with Gasteiger partial charge in [0.05, 0.1) is 34.9 Å². The Morgan fingerprint density at radius 2 is 1.82 bits per heavy atom. The van der Waals surface area contributed by atoms with Crippen LogP contribution in [-0.4, -0.2) is 57.5 Å². The van der Waals surface area contributed by atoms with Crippen molar-refractivity contribution in [3.05, 3.63) is 58.1 Å². The molecule has 0 aliphatic carbocycles. The molecule has 2 aromatic carbocycles. The number of anilines is 1. The highest BCUT2D eigenvalue weighted by molar-refractivity contribution is 7.89. The number of rotatable bonds is 6. The second-order valence-corrected chi connectivity index (χ2v) is 9.65. The van der Waals surface area contributed by atoms with Crippen molar-refractivity contribution >= 4 is 39.2 Å². The zero-order chi connectivity index (χ0) is 25.1. The fourth-order valence-electron chi connectivity index (χ4n) is 3.19. The maximum atomic E-state index is 13.2. The standard InChI is InChI=1S/C21H20ClF3N2O6S/c1-13-2-3-14(10-18(13)34(30,31)27-6-8-32-9-7-27)20(29)33-12-19(28)26-17-5-4-15(22)11-16(17)21(23,24)25/h2-5,10-11H,6-9,12H2,1H3,(H,26,28). The van der Waals surface area contributed by atoms with Gasteiger partial charge in [0.1, 0.15) is 0 Å². The number of hydrogen-bond donors (Lipinski definition) is 1. The summed E-state index contributed by atoms with van der Waals surface area (Å²) in [5.74, 6) is -2.03. The maximum absolute atomic E-state index is 13.2. The molecule has 0 atom stereocenters. The molecule has 1 aliphatic rings. The molecule has 8 nitrogen and oxygen atoms in total. The average molecular weight is 521 g/mol. The number of aryl methyl sites for hydroxylation is 1. The number of morpholine rings is 1. The number of ether oxygens (including phenoxy) is 2. The maximum Gasteiger partial charge on any atom is 0.418 e. The predicted octanol–water partition coefficient (Wildman–Crippen LogP) is 3.48. The normalized spacial score (nSPS) is 15.1. The third-order valence-electron chi connectivity index (χ3n) is 4.91. The Balaban J connectivity index is 1.70. The van der Waals surface area contributed by atoms with Gasteiger partial charge in [-0.25, -0.2) is 13.2 Å². The van der Waals surface area contributed by atoms with Gasteiger partial charge in [0.25, 0.3) is 5.91 Å². The van der Waals surface area contributed by atoms with Crippen molar-refractivity contribution in [2.45, 2.75) is 18.0 Å². The van der Waals surface area contributed by atoms with Crippen molar-refractivity contribution in [1.82, 2.24) is 4.31 Å². The summed E-state index contributed by atoms with van der Waals surface area (Å²) in [6.07, 6.45) is -4.77. The van der Waals surface area contributed by atoms with E-state index in [4.69, 9.17) is 21.1 Å². The molecular weight excluding hydrogens is 501 g/mol. The molecule has 0 aromatic heterocycles. The van der Waals surface area contributed by atoms with E-state index >= 15 is 0 Å². The van der Waals surface area contributed by atoms with E-state index in [1.54, 1.807) is 6.92 Å². The van der Waals surface area contributed by atoms with Gasteiger partial charge >= 0.3 is 12.1 Å². The highest BCUT2D eigenvalue weighted by Crippen LogP contribution is 2.36. The van der Waals surface area contributed by atoms with Crippen LogP contribution in [-0.2, 0) is 30.5 Å². The van der Waals surface area contributed by atoms with Crippen molar-refractivity contribution in [2.24, 2.45) is 0 Å². The van der Waals surface area contributed by atoms with E-state index in [0.29, 0.717) is 11.6 Å². The number of nitrogens with zero attached hydrogens (tertiary/aromatic N) is 1. The Morgan fingerprint density at radius 3 is 2.47 bits per heavy atom. The van der Waals surface area contributed by atoms with Crippen molar-refractivity contribution < 1.29 is 40.7 Å². The first-order valence-electron chi connectivity index (χ1n) is 9.92. The summed E-state index contributed by atoms with van der Waals surface area (Å²) in [6.45, 7) is 1.51. The van der Waals surface area contributed by atoms with Crippen LogP contribution in [0.25, 0.3) is 0 Å². The minimum atomic E-state index is -4.77. The van der Waals surface area contributed by atoms with Crippen LogP contribution in [0, 0.1) is 6.92 Å². The third-order valence-corrected chi connectivity index (χ3v) is 7.18. The van der Waals surface area contributed by atoms with Gasteiger partial charge in [-0.3, -0.25) is 4.79 Å². The smallest absolute Gasteiger partial charge is 0.418 e. The van der Waals surface area contributed by atoms with Gasteiger partial charge in [-0.05, 0) is 42.8 Å². The van der Waals surface area contributed by atoms with Crippen molar-refractivity contribution in [3.63, 3.8) is 0 Å². The van der Waals surface area contributed by atoms with Crippen LogP contribution in [0.3, 0.4) is 0 Å². The lowest BCUT2D eigenvalue weighted by atomic mass is 10.1.